The molecule has 0 spiro atoms. The van der Waals surface area contributed by atoms with Gasteiger partial charge in [-0.2, -0.15) is 0 Å². The second-order valence-electron chi connectivity index (χ2n) is 4.11. The molecule has 0 aromatic heterocycles. The molecule has 0 amide bonds. The number of esters is 1. The summed E-state index contributed by atoms with van der Waals surface area (Å²) in [6.07, 6.45) is 2.35. The molecule has 94 valence electrons. The topological polar surface area (TPSA) is 26.3 Å². The van der Waals surface area contributed by atoms with E-state index in [1.807, 2.05) is 37.3 Å². The van der Waals surface area contributed by atoms with E-state index in [4.69, 9.17) is 13.0 Å². The predicted octanol–water partition coefficient (Wildman–Crippen LogP) is 4.34. The number of allylic oxidation sites excluding steroid dienone is 1. The standard InChI is InChI=1S/C14H17O2.ClH.Hg/c1-3-4-10-14(15)16-12(2)11-13-8-6-5-7-9-13;;/h5-9H,3-4,10H2,1-2H3;1H;/q;;+1/p-1. The quantitative estimate of drug-likeness (QED) is 0.364. The third kappa shape index (κ3) is 5.11. The average molecular weight is 453 g/mol. The van der Waals surface area contributed by atoms with E-state index in [0.29, 0.717) is 12.2 Å². The fourth-order valence-corrected chi connectivity index (χ4v) is 7.15. The number of rotatable bonds is 6. The van der Waals surface area contributed by atoms with Gasteiger partial charge in [0.15, 0.2) is 0 Å². The fraction of sp³-hybridized carbons (Fsp3) is 0.357. The van der Waals surface area contributed by atoms with Gasteiger partial charge in [-0.1, -0.05) is 0 Å². The fourth-order valence-electron chi connectivity index (χ4n) is 1.62. The molecule has 0 radical (unpaired) electrons. The van der Waals surface area contributed by atoms with Crippen molar-refractivity contribution in [3.05, 3.63) is 41.7 Å². The summed E-state index contributed by atoms with van der Waals surface area (Å²) in [7, 11) is 6.16. The minimum absolute atomic E-state index is 0.152. The zero-order chi connectivity index (χ0) is 13.4. The Bertz CT molecular complexity index is 415. The van der Waals surface area contributed by atoms with E-state index in [9.17, 15) is 4.79 Å². The Morgan fingerprint density at radius 1 is 1.33 bits per heavy atom. The molecule has 0 N–H and O–H groups in total. The molecule has 1 aromatic rings. The Morgan fingerprint density at radius 2 is 2.00 bits per heavy atom. The van der Waals surface area contributed by atoms with Gasteiger partial charge in [0.05, 0.1) is 0 Å². The van der Waals surface area contributed by atoms with Crippen molar-refractivity contribution in [3.63, 3.8) is 0 Å². The summed E-state index contributed by atoms with van der Waals surface area (Å²) in [5, 5.41) is 0. The number of carbonyl (C=O) groups excluding carboxylic acids is 1. The molecule has 1 rings (SSSR count). The van der Waals surface area contributed by atoms with Gasteiger partial charge in [-0.3, -0.25) is 0 Å². The van der Waals surface area contributed by atoms with Crippen molar-refractivity contribution in [2.24, 2.45) is 0 Å². The molecule has 0 saturated heterocycles. The Kier molecular flexibility index (Phi) is 7.60. The summed E-state index contributed by atoms with van der Waals surface area (Å²) in [5.74, 6) is 0.542. The number of benzene rings is 1. The van der Waals surface area contributed by atoms with Gasteiger partial charge in [-0.25, -0.2) is 0 Å². The molecule has 4 heteroatoms. The molecular formula is C14H17ClHgO2. The van der Waals surface area contributed by atoms with Crippen LogP contribution in [0.4, 0.5) is 0 Å². The molecule has 2 nitrogen and oxygen atoms in total. The molecule has 0 bridgehead atoms. The van der Waals surface area contributed by atoms with Crippen LogP contribution < -0.4 is 0 Å². The number of carbonyl (C=O) groups is 1. The van der Waals surface area contributed by atoms with Gasteiger partial charge in [-0.15, -0.1) is 0 Å². The van der Waals surface area contributed by atoms with Crippen LogP contribution in [0.2, 0.25) is 0 Å². The first-order chi connectivity index (χ1) is 8.69. The first kappa shape index (κ1) is 15.7. The summed E-state index contributed by atoms with van der Waals surface area (Å²) in [6.45, 7) is 3.90. The van der Waals surface area contributed by atoms with Gasteiger partial charge in [0.25, 0.3) is 0 Å². The van der Waals surface area contributed by atoms with Crippen molar-refractivity contribution >= 4 is 17.3 Å². The van der Waals surface area contributed by atoms with Crippen LogP contribution in [-0.4, -0.2) is 5.97 Å². The van der Waals surface area contributed by atoms with Gasteiger partial charge >= 0.3 is 125 Å². The number of hydrogen-bond donors (Lipinski definition) is 0. The van der Waals surface area contributed by atoms with Gasteiger partial charge < -0.3 is 0 Å². The third-order valence-electron chi connectivity index (χ3n) is 2.68. The van der Waals surface area contributed by atoms with E-state index in [1.54, 1.807) is 0 Å². The second kappa shape index (κ2) is 8.70. The first-order valence-electron chi connectivity index (χ1n) is 6.20. The summed E-state index contributed by atoms with van der Waals surface area (Å²) in [5.41, 5.74) is 1.09. The maximum atomic E-state index is 11.6. The normalized spacial score (nSPS) is 11.5. The molecule has 0 aliphatic rings. The van der Waals surface area contributed by atoms with Crippen LogP contribution >= 0.6 is 8.25 Å². The second-order valence-corrected chi connectivity index (χ2v) is 10.2. The molecule has 0 saturated carbocycles. The van der Waals surface area contributed by atoms with Crippen LogP contribution in [0.1, 0.15) is 38.7 Å². The van der Waals surface area contributed by atoms with Gasteiger partial charge in [-0.05, 0) is 0 Å². The molecule has 0 atom stereocenters. The molecular weight excluding hydrogens is 436 g/mol. The summed E-state index contributed by atoms with van der Waals surface area (Å²) in [4.78, 5) is 11.6. The van der Waals surface area contributed by atoms with Crippen molar-refractivity contribution < 1.29 is 32.9 Å². The molecule has 0 aliphatic carbocycles. The van der Waals surface area contributed by atoms with E-state index < -0.39 is 23.3 Å². The molecule has 1 aromatic carbocycles. The maximum absolute atomic E-state index is 11.6. The Balaban J connectivity index is 2.78. The first-order valence-corrected chi connectivity index (χ1v) is 15.7. The van der Waals surface area contributed by atoms with Crippen LogP contribution in [0, 0.1) is 0 Å². The van der Waals surface area contributed by atoms with Gasteiger partial charge in [0, 0.05) is 0 Å². The van der Waals surface area contributed by atoms with Crippen LogP contribution in [-0.2, 0) is 32.9 Å². The molecule has 0 aliphatic heterocycles. The Hall–Kier alpha value is -0.345. The monoisotopic (exact) mass is 454 g/mol. The van der Waals surface area contributed by atoms with E-state index >= 15 is 0 Å². The minimum atomic E-state index is -1.65. The Morgan fingerprint density at radius 3 is 2.56 bits per heavy atom. The van der Waals surface area contributed by atoms with Crippen molar-refractivity contribution in [1.29, 1.82) is 0 Å². The predicted molar refractivity (Wildman–Crippen MR) is 70.5 cm³/mol. The van der Waals surface area contributed by atoms with Crippen molar-refractivity contribution in [2.75, 3.05) is 0 Å². The molecule has 0 heterocycles. The number of ether oxygens (including phenoxy) is 1. The zero-order valence-corrected chi connectivity index (χ0v) is 17.2. The Labute approximate surface area is 124 Å². The number of hydrogen-bond acceptors (Lipinski definition) is 2. The SMILES string of the molecule is CCCCC(=O)O/C(C)=[C](\[Hg][Cl])c1ccccc1. The van der Waals surface area contributed by atoms with E-state index in [1.165, 1.54) is 0 Å². The van der Waals surface area contributed by atoms with E-state index in [-0.39, 0.29) is 5.97 Å². The van der Waals surface area contributed by atoms with Gasteiger partial charge in [0.2, 0.25) is 0 Å². The summed E-state index contributed by atoms with van der Waals surface area (Å²) < 4.78 is 6.46. The molecule has 18 heavy (non-hydrogen) atoms. The van der Waals surface area contributed by atoms with Crippen LogP contribution in [0.3, 0.4) is 0 Å². The van der Waals surface area contributed by atoms with Crippen LogP contribution in [0.15, 0.2) is 36.1 Å². The molecule has 0 unspecified atom stereocenters. The number of halogens is 1. The average Bonchev–Trinajstić information content (AvgIpc) is 2.38. The molecule has 0 fully saturated rings. The van der Waals surface area contributed by atoms with Crippen LogP contribution in [0.5, 0.6) is 0 Å². The summed E-state index contributed by atoms with van der Waals surface area (Å²) in [6, 6.07) is 9.95. The summed E-state index contributed by atoms with van der Waals surface area (Å²) >= 11 is -1.65. The van der Waals surface area contributed by atoms with E-state index in [0.717, 1.165) is 21.5 Å². The van der Waals surface area contributed by atoms with Crippen molar-refractivity contribution in [3.8, 4) is 0 Å². The van der Waals surface area contributed by atoms with Crippen molar-refractivity contribution in [2.45, 2.75) is 33.1 Å². The zero-order valence-electron chi connectivity index (χ0n) is 10.9. The van der Waals surface area contributed by atoms with Gasteiger partial charge in [0.1, 0.15) is 0 Å². The number of unbranched alkanes of at least 4 members (excludes halogenated alkanes) is 1. The third-order valence-corrected chi connectivity index (χ3v) is 9.59. The van der Waals surface area contributed by atoms with E-state index in [2.05, 4.69) is 6.92 Å². The van der Waals surface area contributed by atoms with Crippen LogP contribution in [0.25, 0.3) is 3.08 Å². The van der Waals surface area contributed by atoms with Crippen molar-refractivity contribution in [1.82, 2.24) is 0 Å².